The number of fused-ring (bicyclic) bond motifs is 1. The lowest BCUT2D eigenvalue weighted by Crippen LogP contribution is -2.06. The van der Waals surface area contributed by atoms with Crippen molar-refractivity contribution < 1.29 is 9.62 Å². The SMILES string of the molecule is Cc1ccc(-c2nc(N)nc3c2nnn3Cc2cc(NO)ccn2)o1. The second kappa shape index (κ2) is 5.83. The van der Waals surface area contributed by atoms with E-state index in [1.165, 1.54) is 0 Å². The van der Waals surface area contributed by atoms with Crippen LogP contribution in [0.5, 0.6) is 0 Å². The molecule has 4 rings (SSSR count). The van der Waals surface area contributed by atoms with Gasteiger partial charge in [0.25, 0.3) is 0 Å². The summed E-state index contributed by atoms with van der Waals surface area (Å²) >= 11 is 0. The lowest BCUT2D eigenvalue weighted by Gasteiger charge is -2.04. The first kappa shape index (κ1) is 15.0. The zero-order chi connectivity index (χ0) is 17.4. The smallest absolute Gasteiger partial charge is 0.222 e. The first-order valence-corrected chi connectivity index (χ1v) is 7.42. The van der Waals surface area contributed by atoms with Crippen LogP contribution in [0.25, 0.3) is 22.6 Å². The summed E-state index contributed by atoms with van der Waals surface area (Å²) < 4.78 is 7.18. The molecule has 10 nitrogen and oxygen atoms in total. The van der Waals surface area contributed by atoms with Gasteiger partial charge in [-0.25, -0.2) is 9.67 Å². The van der Waals surface area contributed by atoms with Crippen LogP contribution in [0.4, 0.5) is 11.6 Å². The van der Waals surface area contributed by atoms with Gasteiger partial charge in [0.1, 0.15) is 11.5 Å². The van der Waals surface area contributed by atoms with Crippen LogP contribution in [0.2, 0.25) is 0 Å². The highest BCUT2D eigenvalue weighted by atomic mass is 16.5. The van der Waals surface area contributed by atoms with E-state index in [2.05, 4.69) is 30.7 Å². The van der Waals surface area contributed by atoms with Crippen molar-refractivity contribution in [1.29, 1.82) is 0 Å². The van der Waals surface area contributed by atoms with E-state index >= 15 is 0 Å². The van der Waals surface area contributed by atoms with Crippen LogP contribution in [-0.2, 0) is 6.54 Å². The molecule has 0 aliphatic rings. The second-order valence-corrected chi connectivity index (χ2v) is 5.41. The Balaban J connectivity index is 1.80. The highest BCUT2D eigenvalue weighted by Crippen LogP contribution is 2.26. The number of hydrogen-bond donors (Lipinski definition) is 3. The summed E-state index contributed by atoms with van der Waals surface area (Å²) in [6.45, 7) is 2.15. The Morgan fingerprint density at radius 1 is 1.28 bits per heavy atom. The highest BCUT2D eigenvalue weighted by Gasteiger charge is 2.18. The maximum Gasteiger partial charge on any atom is 0.222 e. The minimum Gasteiger partial charge on any atom is -0.460 e. The van der Waals surface area contributed by atoms with Gasteiger partial charge in [-0.1, -0.05) is 5.21 Å². The highest BCUT2D eigenvalue weighted by molar-refractivity contribution is 5.86. The van der Waals surface area contributed by atoms with E-state index in [0.717, 1.165) is 5.76 Å². The van der Waals surface area contributed by atoms with Crippen LogP contribution >= 0.6 is 0 Å². The minimum absolute atomic E-state index is 0.0961. The van der Waals surface area contributed by atoms with Crippen LogP contribution in [0.1, 0.15) is 11.5 Å². The third kappa shape index (κ3) is 2.74. The lowest BCUT2D eigenvalue weighted by molar-refractivity contribution is 0.388. The second-order valence-electron chi connectivity index (χ2n) is 5.41. The molecule has 0 atom stereocenters. The first-order valence-electron chi connectivity index (χ1n) is 7.42. The van der Waals surface area contributed by atoms with Crippen molar-refractivity contribution in [2.45, 2.75) is 13.5 Å². The molecule has 0 spiro atoms. The number of pyridine rings is 1. The molecule has 0 amide bonds. The van der Waals surface area contributed by atoms with Gasteiger partial charge in [0.2, 0.25) is 5.95 Å². The number of aromatic nitrogens is 6. The average molecular weight is 338 g/mol. The summed E-state index contributed by atoms with van der Waals surface area (Å²) in [7, 11) is 0. The van der Waals surface area contributed by atoms with E-state index in [-0.39, 0.29) is 5.95 Å². The quantitative estimate of drug-likeness (QED) is 0.473. The number of nitrogens with one attached hydrogen (secondary N) is 1. The summed E-state index contributed by atoms with van der Waals surface area (Å²) in [5, 5.41) is 17.3. The Hall–Kier alpha value is -3.53. The molecule has 0 unspecified atom stereocenters. The molecule has 4 N–H and O–H groups in total. The molecule has 0 bridgehead atoms. The summed E-state index contributed by atoms with van der Waals surface area (Å²) in [5.74, 6) is 1.40. The predicted molar refractivity (Wildman–Crippen MR) is 88.7 cm³/mol. The van der Waals surface area contributed by atoms with E-state index in [0.29, 0.717) is 40.5 Å². The molecule has 10 heteroatoms. The standard InChI is InChI=1S/C15H14N8O2/c1-8-2-3-11(25-8)12-13-14(19-15(16)18-12)23(22-20-13)7-10-6-9(21-24)4-5-17-10/h2-6,24H,7H2,1H3,(H,17,21)(H2,16,18,19). The number of aryl methyl sites for hydroxylation is 1. The Morgan fingerprint density at radius 2 is 2.16 bits per heavy atom. The fourth-order valence-corrected chi connectivity index (χ4v) is 2.50. The van der Waals surface area contributed by atoms with Crippen molar-refractivity contribution in [2.24, 2.45) is 0 Å². The van der Waals surface area contributed by atoms with Crippen molar-refractivity contribution in [3.63, 3.8) is 0 Å². The molecule has 4 aromatic heterocycles. The molecule has 0 fully saturated rings. The van der Waals surface area contributed by atoms with Gasteiger partial charge >= 0.3 is 0 Å². The maximum absolute atomic E-state index is 9.00. The van der Waals surface area contributed by atoms with Gasteiger partial charge in [-0.2, -0.15) is 4.98 Å². The number of anilines is 2. The van der Waals surface area contributed by atoms with Gasteiger partial charge < -0.3 is 10.2 Å². The van der Waals surface area contributed by atoms with Gasteiger partial charge in [-0.3, -0.25) is 15.7 Å². The van der Waals surface area contributed by atoms with E-state index < -0.39 is 0 Å². The van der Waals surface area contributed by atoms with Gasteiger partial charge in [0.05, 0.1) is 17.9 Å². The molecule has 4 aromatic rings. The van der Waals surface area contributed by atoms with Crippen molar-refractivity contribution in [3.8, 4) is 11.5 Å². The topological polar surface area (TPSA) is 141 Å². The Kier molecular flexibility index (Phi) is 3.51. The molecule has 25 heavy (non-hydrogen) atoms. The molecular formula is C15H14N8O2. The van der Waals surface area contributed by atoms with Gasteiger partial charge in [0, 0.05) is 6.20 Å². The number of furan rings is 1. The first-order chi connectivity index (χ1) is 12.1. The zero-order valence-electron chi connectivity index (χ0n) is 13.2. The van der Waals surface area contributed by atoms with Crippen LogP contribution in [-0.4, -0.2) is 35.2 Å². The van der Waals surface area contributed by atoms with E-state index in [4.69, 9.17) is 15.4 Å². The average Bonchev–Trinajstić information content (AvgIpc) is 3.21. The molecule has 0 radical (unpaired) electrons. The van der Waals surface area contributed by atoms with E-state index in [9.17, 15) is 0 Å². The Bertz CT molecular complexity index is 1050. The predicted octanol–water partition coefficient (Wildman–Crippen LogP) is 1.62. The van der Waals surface area contributed by atoms with Crippen molar-refractivity contribution >= 4 is 22.8 Å². The molecule has 0 saturated carbocycles. The normalized spacial score (nSPS) is 11.1. The third-order valence-corrected chi connectivity index (χ3v) is 3.61. The van der Waals surface area contributed by atoms with Gasteiger partial charge in [-0.05, 0) is 31.2 Å². The summed E-state index contributed by atoms with van der Waals surface area (Å²) in [5.41, 5.74) is 10.6. The third-order valence-electron chi connectivity index (χ3n) is 3.61. The number of rotatable bonds is 4. The minimum atomic E-state index is 0.0961. The Morgan fingerprint density at radius 3 is 2.92 bits per heavy atom. The van der Waals surface area contributed by atoms with Crippen LogP contribution in [0.15, 0.2) is 34.9 Å². The fraction of sp³-hybridized carbons (Fsp3) is 0.133. The van der Waals surface area contributed by atoms with Crippen LogP contribution < -0.4 is 11.2 Å². The van der Waals surface area contributed by atoms with E-state index in [1.807, 2.05) is 13.0 Å². The number of nitrogens with two attached hydrogens (primary N) is 1. The lowest BCUT2D eigenvalue weighted by atomic mass is 10.3. The maximum atomic E-state index is 9.00. The molecule has 0 aliphatic carbocycles. The molecule has 0 aliphatic heterocycles. The molecular weight excluding hydrogens is 324 g/mol. The van der Waals surface area contributed by atoms with Crippen LogP contribution in [0.3, 0.4) is 0 Å². The molecule has 0 saturated heterocycles. The summed E-state index contributed by atoms with van der Waals surface area (Å²) in [6.07, 6.45) is 1.58. The van der Waals surface area contributed by atoms with Crippen molar-refractivity contribution in [2.75, 3.05) is 11.2 Å². The summed E-state index contributed by atoms with van der Waals surface area (Å²) in [6, 6.07) is 6.96. The Labute approximate surface area is 141 Å². The van der Waals surface area contributed by atoms with Crippen molar-refractivity contribution in [3.05, 3.63) is 41.9 Å². The van der Waals surface area contributed by atoms with Crippen molar-refractivity contribution in [1.82, 2.24) is 29.9 Å². The van der Waals surface area contributed by atoms with Gasteiger partial charge in [-0.15, -0.1) is 5.10 Å². The molecule has 4 heterocycles. The van der Waals surface area contributed by atoms with Crippen LogP contribution in [0, 0.1) is 6.92 Å². The zero-order valence-corrected chi connectivity index (χ0v) is 13.2. The number of hydrogen-bond acceptors (Lipinski definition) is 9. The number of nitrogen functional groups attached to an aromatic ring is 1. The number of nitrogens with zero attached hydrogens (tertiary/aromatic N) is 6. The summed E-state index contributed by atoms with van der Waals surface area (Å²) in [4.78, 5) is 12.7. The molecule has 126 valence electrons. The monoisotopic (exact) mass is 338 g/mol. The molecule has 0 aromatic carbocycles. The largest absolute Gasteiger partial charge is 0.460 e. The van der Waals surface area contributed by atoms with E-state index in [1.54, 1.807) is 29.1 Å². The van der Waals surface area contributed by atoms with Gasteiger partial charge in [0.15, 0.2) is 16.9 Å². The fourth-order valence-electron chi connectivity index (χ4n) is 2.50.